The Kier molecular flexibility index (Phi) is 8.59. The largest absolute Gasteiger partial charge is 0.377 e. The third kappa shape index (κ3) is 6.66. The average Bonchev–Trinajstić information content (AvgIpc) is 2.94. The van der Waals surface area contributed by atoms with Gasteiger partial charge in [0.05, 0.1) is 11.4 Å². The van der Waals surface area contributed by atoms with Crippen LogP contribution in [-0.4, -0.2) is 37.6 Å². The first-order valence-electron chi connectivity index (χ1n) is 13.5. The summed E-state index contributed by atoms with van der Waals surface area (Å²) < 4.78 is 0. The summed E-state index contributed by atoms with van der Waals surface area (Å²) in [7, 11) is 4.13. The monoisotopic (exact) mass is 560 g/mol. The van der Waals surface area contributed by atoms with E-state index in [1.165, 1.54) is 0 Å². The molecule has 202 valence electrons. The number of rotatable bonds is 8. The molecule has 1 saturated carbocycles. The van der Waals surface area contributed by atoms with Crippen LogP contribution >= 0.6 is 23.2 Å². The van der Waals surface area contributed by atoms with E-state index in [-0.39, 0.29) is 5.91 Å². The number of hydrogen-bond donors (Lipinski definition) is 2. The molecular formula is C32H34Cl2N4O. The molecule has 1 aliphatic rings. The number of anilines is 2. The summed E-state index contributed by atoms with van der Waals surface area (Å²) in [6.07, 6.45) is 4.20. The van der Waals surface area contributed by atoms with E-state index in [0.29, 0.717) is 28.5 Å². The van der Waals surface area contributed by atoms with Crippen LogP contribution in [0.4, 0.5) is 11.5 Å². The lowest BCUT2D eigenvalue weighted by atomic mass is 9.85. The molecule has 2 N–H and O–H groups in total. The summed E-state index contributed by atoms with van der Waals surface area (Å²) in [4.78, 5) is 20.5. The van der Waals surface area contributed by atoms with Crippen LogP contribution in [0.15, 0.2) is 78.9 Å². The Morgan fingerprint density at radius 3 is 2.08 bits per heavy atom. The van der Waals surface area contributed by atoms with Crippen LogP contribution in [-0.2, 0) is 4.79 Å². The van der Waals surface area contributed by atoms with Crippen molar-refractivity contribution in [3.63, 3.8) is 0 Å². The van der Waals surface area contributed by atoms with Gasteiger partial charge in [-0.25, -0.2) is 4.98 Å². The average molecular weight is 562 g/mol. The van der Waals surface area contributed by atoms with Crippen molar-refractivity contribution in [3.8, 4) is 0 Å². The molecule has 1 amide bonds. The molecule has 1 aliphatic carbocycles. The molecular weight excluding hydrogens is 527 g/mol. The molecule has 0 radical (unpaired) electrons. The van der Waals surface area contributed by atoms with Gasteiger partial charge in [0.2, 0.25) is 5.91 Å². The number of nitrogens with one attached hydrogen (secondary N) is 2. The first-order chi connectivity index (χ1) is 18.9. The Morgan fingerprint density at radius 2 is 1.49 bits per heavy atom. The number of nitrogens with zero attached hydrogens (tertiary/aromatic N) is 2. The number of benzene rings is 3. The quantitative estimate of drug-likeness (QED) is 0.234. The maximum Gasteiger partial charge on any atom is 0.232 e. The van der Waals surface area contributed by atoms with Gasteiger partial charge in [-0.05, 0) is 73.1 Å². The van der Waals surface area contributed by atoms with Crippen molar-refractivity contribution >= 4 is 51.5 Å². The number of amides is 1. The number of carbonyl (C=O) groups excluding carboxylic acids is 1. The van der Waals surface area contributed by atoms with Crippen LogP contribution < -0.4 is 15.5 Å². The van der Waals surface area contributed by atoms with Gasteiger partial charge >= 0.3 is 0 Å². The third-order valence-electron chi connectivity index (χ3n) is 7.61. The highest BCUT2D eigenvalue weighted by molar-refractivity contribution is 6.30. The van der Waals surface area contributed by atoms with Crippen molar-refractivity contribution < 1.29 is 4.79 Å². The van der Waals surface area contributed by atoms with Gasteiger partial charge in [-0.1, -0.05) is 65.7 Å². The molecule has 4 aromatic rings. The molecule has 0 atom stereocenters. The normalized spacial score (nSPS) is 17.3. The van der Waals surface area contributed by atoms with Crippen molar-refractivity contribution in [3.05, 3.63) is 100 Å². The van der Waals surface area contributed by atoms with E-state index >= 15 is 0 Å². The van der Waals surface area contributed by atoms with Crippen LogP contribution in [0.2, 0.25) is 10.0 Å². The molecule has 39 heavy (non-hydrogen) atoms. The fraction of sp³-hybridized carbons (Fsp3) is 0.312. The maximum atomic E-state index is 13.5. The number of carbonyl (C=O) groups is 1. The van der Waals surface area contributed by atoms with Crippen LogP contribution in [0.1, 0.15) is 42.7 Å². The summed E-state index contributed by atoms with van der Waals surface area (Å²) in [5.74, 6) is 0.951. The maximum absolute atomic E-state index is 13.5. The van der Waals surface area contributed by atoms with E-state index in [1.807, 2.05) is 54.6 Å². The van der Waals surface area contributed by atoms with Crippen molar-refractivity contribution in [1.82, 2.24) is 10.3 Å². The molecule has 5 nitrogen and oxygen atoms in total. The minimum absolute atomic E-state index is 0.00327. The molecule has 1 aromatic heterocycles. The molecule has 5 rings (SSSR count). The molecule has 0 bridgehead atoms. The van der Waals surface area contributed by atoms with Crippen molar-refractivity contribution in [2.45, 2.75) is 37.6 Å². The first-order valence-corrected chi connectivity index (χ1v) is 14.3. The van der Waals surface area contributed by atoms with Crippen LogP contribution in [0, 0.1) is 5.92 Å². The van der Waals surface area contributed by atoms with Gasteiger partial charge in [0, 0.05) is 53.9 Å². The summed E-state index contributed by atoms with van der Waals surface area (Å²) in [6.45, 7) is 0.669. The van der Waals surface area contributed by atoms with Gasteiger partial charge in [0.25, 0.3) is 0 Å². The van der Waals surface area contributed by atoms with Gasteiger partial charge in [0.15, 0.2) is 0 Å². The SMILES string of the molecule is CN(C)c1cc(NC2CCC(CNC(=O)C(c3ccc(Cl)cc3)c3ccc(Cl)cc3)CC2)nc2ccccc12. The van der Waals surface area contributed by atoms with Crippen LogP contribution in [0.5, 0.6) is 0 Å². The fourth-order valence-electron chi connectivity index (χ4n) is 5.47. The van der Waals surface area contributed by atoms with Crippen molar-refractivity contribution in [2.75, 3.05) is 30.9 Å². The highest BCUT2D eigenvalue weighted by atomic mass is 35.5. The van der Waals surface area contributed by atoms with Crippen LogP contribution in [0.25, 0.3) is 10.9 Å². The standard InChI is InChI=1S/C32H34Cl2N4O/c1-38(2)29-19-30(37-28-6-4-3-5-27(28)29)36-26-17-7-21(8-18-26)20-35-32(39)31(22-9-13-24(33)14-10-22)23-11-15-25(34)16-12-23/h3-6,9-16,19,21,26,31H,7-8,17-18,20H2,1-2H3,(H,35,39)(H,36,37). The van der Waals surface area contributed by atoms with Gasteiger partial charge in [0.1, 0.15) is 5.82 Å². The minimum atomic E-state index is -0.414. The minimum Gasteiger partial charge on any atom is -0.377 e. The number of para-hydroxylation sites is 1. The molecule has 1 fully saturated rings. The Balaban J connectivity index is 1.19. The summed E-state index contributed by atoms with van der Waals surface area (Å²) >= 11 is 12.2. The molecule has 0 spiro atoms. The lowest BCUT2D eigenvalue weighted by Gasteiger charge is -2.30. The first kappa shape index (κ1) is 27.3. The predicted molar refractivity (Wildman–Crippen MR) is 163 cm³/mol. The summed E-state index contributed by atoms with van der Waals surface area (Å²) in [6, 6.07) is 25.8. The number of halogens is 2. The third-order valence-corrected chi connectivity index (χ3v) is 8.11. The summed E-state index contributed by atoms with van der Waals surface area (Å²) in [5.41, 5.74) is 3.98. The number of aromatic nitrogens is 1. The zero-order valence-corrected chi connectivity index (χ0v) is 23.8. The number of pyridine rings is 1. The van der Waals surface area contributed by atoms with Gasteiger partial charge in [-0.2, -0.15) is 0 Å². The second-order valence-electron chi connectivity index (χ2n) is 10.6. The highest BCUT2D eigenvalue weighted by Crippen LogP contribution is 2.31. The second kappa shape index (κ2) is 12.3. The number of fused-ring (bicyclic) bond motifs is 1. The Hall–Kier alpha value is -3.28. The Labute approximate surface area is 240 Å². The lowest BCUT2D eigenvalue weighted by Crippen LogP contribution is -2.36. The topological polar surface area (TPSA) is 57.3 Å². The molecule has 3 aromatic carbocycles. The van der Waals surface area contributed by atoms with Crippen LogP contribution in [0.3, 0.4) is 0 Å². The van der Waals surface area contributed by atoms with E-state index in [9.17, 15) is 4.79 Å². The highest BCUT2D eigenvalue weighted by Gasteiger charge is 2.26. The van der Waals surface area contributed by atoms with Gasteiger partial charge in [-0.3, -0.25) is 4.79 Å². The molecule has 0 unspecified atom stereocenters. The zero-order chi connectivity index (χ0) is 27.4. The molecule has 0 saturated heterocycles. The van der Waals surface area contributed by atoms with E-state index in [1.54, 1.807) is 0 Å². The smallest absolute Gasteiger partial charge is 0.232 e. The van der Waals surface area contributed by atoms with E-state index in [0.717, 1.165) is 59.2 Å². The molecule has 0 aliphatic heterocycles. The number of hydrogen-bond acceptors (Lipinski definition) is 4. The van der Waals surface area contributed by atoms with Gasteiger partial charge < -0.3 is 15.5 Å². The Bertz CT molecular complexity index is 1370. The van der Waals surface area contributed by atoms with Crippen molar-refractivity contribution in [2.24, 2.45) is 5.92 Å². The Morgan fingerprint density at radius 1 is 0.897 bits per heavy atom. The van der Waals surface area contributed by atoms with Crippen molar-refractivity contribution in [1.29, 1.82) is 0 Å². The molecule has 7 heteroatoms. The second-order valence-corrected chi connectivity index (χ2v) is 11.5. The van der Waals surface area contributed by atoms with E-state index in [2.05, 4.69) is 53.9 Å². The zero-order valence-electron chi connectivity index (χ0n) is 22.3. The van der Waals surface area contributed by atoms with E-state index in [4.69, 9.17) is 28.2 Å². The predicted octanol–water partition coefficient (Wildman–Crippen LogP) is 7.53. The van der Waals surface area contributed by atoms with E-state index < -0.39 is 5.92 Å². The summed E-state index contributed by atoms with van der Waals surface area (Å²) in [5, 5.41) is 9.37. The fourth-order valence-corrected chi connectivity index (χ4v) is 5.73. The van der Waals surface area contributed by atoms with Gasteiger partial charge in [-0.15, -0.1) is 0 Å². The molecule has 1 heterocycles. The lowest BCUT2D eigenvalue weighted by molar-refractivity contribution is -0.121.